The normalized spacial score (nSPS) is 11.7. The fourth-order valence-electron chi connectivity index (χ4n) is 2.49. The lowest BCUT2D eigenvalue weighted by Gasteiger charge is -2.10. The van der Waals surface area contributed by atoms with E-state index in [0.29, 0.717) is 17.1 Å². The fraction of sp³-hybridized carbons (Fsp3) is 0.353. The molecule has 23 heavy (non-hydrogen) atoms. The lowest BCUT2D eigenvalue weighted by Crippen LogP contribution is -2.29. The van der Waals surface area contributed by atoms with Gasteiger partial charge < -0.3 is 15.6 Å². The van der Waals surface area contributed by atoms with Gasteiger partial charge in [0.2, 0.25) is 0 Å². The highest BCUT2D eigenvalue weighted by atomic mass is 35.5. The van der Waals surface area contributed by atoms with E-state index in [1.165, 1.54) is 0 Å². The summed E-state index contributed by atoms with van der Waals surface area (Å²) < 4.78 is 2.05. The Morgan fingerprint density at radius 1 is 1.30 bits per heavy atom. The van der Waals surface area contributed by atoms with E-state index in [1.54, 1.807) is 0 Å². The highest BCUT2D eigenvalue weighted by Gasteiger charge is 2.16. The van der Waals surface area contributed by atoms with Crippen LogP contribution in [0.2, 0.25) is 5.02 Å². The average Bonchev–Trinajstić information content (AvgIpc) is 2.75. The van der Waals surface area contributed by atoms with Crippen molar-refractivity contribution in [2.24, 2.45) is 5.73 Å². The van der Waals surface area contributed by atoms with Gasteiger partial charge in [0.05, 0.1) is 5.56 Å². The van der Waals surface area contributed by atoms with E-state index in [4.69, 9.17) is 17.3 Å². The van der Waals surface area contributed by atoms with Gasteiger partial charge >= 0.3 is 0 Å². The lowest BCUT2D eigenvalue weighted by atomic mass is 10.2. The molecule has 0 saturated carbocycles. The number of halogens is 2. The van der Waals surface area contributed by atoms with E-state index in [1.807, 2.05) is 51.1 Å². The predicted molar refractivity (Wildman–Crippen MR) is 98.1 cm³/mol. The number of amides is 1. The van der Waals surface area contributed by atoms with E-state index in [9.17, 15) is 4.79 Å². The number of nitrogens with one attached hydrogen (secondary N) is 1. The van der Waals surface area contributed by atoms with Gasteiger partial charge in [-0.15, -0.1) is 12.4 Å². The number of hydrogen-bond donors (Lipinski definition) is 2. The van der Waals surface area contributed by atoms with Crippen LogP contribution < -0.4 is 11.1 Å². The summed E-state index contributed by atoms with van der Waals surface area (Å²) >= 11 is 5.93. The summed E-state index contributed by atoms with van der Waals surface area (Å²) in [7, 11) is 0. The Balaban J connectivity index is 0.00000264. The van der Waals surface area contributed by atoms with Gasteiger partial charge in [0.15, 0.2) is 0 Å². The van der Waals surface area contributed by atoms with E-state index < -0.39 is 0 Å². The number of hydrogen-bond acceptors (Lipinski definition) is 2. The summed E-state index contributed by atoms with van der Waals surface area (Å²) in [6, 6.07) is 9.57. The molecule has 1 aromatic carbocycles. The Morgan fingerprint density at radius 2 is 1.91 bits per heavy atom. The molecule has 1 heterocycles. The molecule has 126 valence electrons. The third-order valence-electron chi connectivity index (χ3n) is 3.65. The standard InChI is InChI=1S/C17H22ClN3O.ClH/c1-11(19)8-9-20-17(22)16-10-12(2)21(13(16)3)15-6-4-14(18)5-7-15;/h4-7,10-11H,8-9,19H2,1-3H3,(H,20,22);1H. The van der Waals surface area contributed by atoms with Gasteiger partial charge in [-0.3, -0.25) is 4.79 Å². The molecule has 2 aromatic rings. The minimum atomic E-state index is -0.0611. The Kier molecular flexibility index (Phi) is 7.13. The summed E-state index contributed by atoms with van der Waals surface area (Å²) in [5.74, 6) is -0.0611. The summed E-state index contributed by atoms with van der Waals surface area (Å²) in [5.41, 5.74) is 9.31. The van der Waals surface area contributed by atoms with Crippen LogP contribution in [0.3, 0.4) is 0 Å². The molecule has 1 atom stereocenters. The molecule has 2 rings (SSSR count). The smallest absolute Gasteiger partial charge is 0.253 e. The van der Waals surface area contributed by atoms with Gasteiger partial charge in [0, 0.05) is 34.7 Å². The van der Waals surface area contributed by atoms with E-state index in [-0.39, 0.29) is 24.4 Å². The summed E-state index contributed by atoms with van der Waals surface area (Å²) in [4.78, 5) is 12.3. The SMILES string of the molecule is Cc1cc(C(=O)NCCC(C)N)c(C)n1-c1ccc(Cl)cc1.Cl. The first-order valence-corrected chi connectivity index (χ1v) is 7.76. The van der Waals surface area contributed by atoms with E-state index in [0.717, 1.165) is 23.5 Å². The van der Waals surface area contributed by atoms with Crippen molar-refractivity contribution in [3.8, 4) is 5.69 Å². The molecule has 0 fully saturated rings. The molecule has 0 bridgehead atoms. The number of rotatable bonds is 5. The molecule has 0 saturated heterocycles. The molecule has 0 aliphatic carbocycles. The van der Waals surface area contributed by atoms with Crippen LogP contribution in [0.25, 0.3) is 5.69 Å². The zero-order chi connectivity index (χ0) is 16.3. The first-order valence-electron chi connectivity index (χ1n) is 7.39. The third kappa shape index (κ3) is 4.74. The van der Waals surface area contributed by atoms with Crippen LogP contribution >= 0.6 is 24.0 Å². The van der Waals surface area contributed by atoms with Gasteiger partial charge in [-0.25, -0.2) is 0 Å². The lowest BCUT2D eigenvalue weighted by molar-refractivity contribution is 0.0952. The topological polar surface area (TPSA) is 60.1 Å². The van der Waals surface area contributed by atoms with Crippen molar-refractivity contribution >= 4 is 29.9 Å². The molecule has 3 N–H and O–H groups in total. The first-order chi connectivity index (χ1) is 10.4. The maximum Gasteiger partial charge on any atom is 0.253 e. The molecular weight excluding hydrogens is 333 g/mol. The summed E-state index contributed by atoms with van der Waals surface area (Å²) in [6.07, 6.45) is 0.766. The number of aromatic nitrogens is 1. The molecular formula is C17H23Cl2N3O. The van der Waals surface area contributed by atoms with Crippen molar-refractivity contribution in [1.82, 2.24) is 9.88 Å². The van der Waals surface area contributed by atoms with Gasteiger partial charge in [-0.1, -0.05) is 11.6 Å². The van der Waals surface area contributed by atoms with Crippen LogP contribution in [0.1, 0.15) is 35.1 Å². The quantitative estimate of drug-likeness (QED) is 0.859. The second kappa shape index (κ2) is 8.39. The van der Waals surface area contributed by atoms with Gasteiger partial charge in [-0.05, 0) is 57.5 Å². The maximum absolute atomic E-state index is 12.3. The third-order valence-corrected chi connectivity index (χ3v) is 3.90. The number of carbonyl (C=O) groups excluding carboxylic acids is 1. The molecule has 0 aliphatic heterocycles. The van der Waals surface area contributed by atoms with Crippen LogP contribution in [-0.2, 0) is 0 Å². The largest absolute Gasteiger partial charge is 0.352 e. The molecule has 4 nitrogen and oxygen atoms in total. The Morgan fingerprint density at radius 3 is 2.48 bits per heavy atom. The van der Waals surface area contributed by atoms with Crippen molar-refractivity contribution in [3.63, 3.8) is 0 Å². The molecule has 0 radical (unpaired) electrons. The van der Waals surface area contributed by atoms with Crippen LogP contribution in [0.4, 0.5) is 0 Å². The Labute approximate surface area is 148 Å². The molecule has 1 unspecified atom stereocenters. The monoisotopic (exact) mass is 355 g/mol. The zero-order valence-electron chi connectivity index (χ0n) is 13.6. The average molecular weight is 356 g/mol. The van der Waals surface area contributed by atoms with Crippen LogP contribution in [-0.4, -0.2) is 23.1 Å². The molecule has 1 amide bonds. The van der Waals surface area contributed by atoms with Crippen LogP contribution in [0.5, 0.6) is 0 Å². The molecule has 0 spiro atoms. The Bertz CT molecular complexity index is 663. The minimum absolute atomic E-state index is 0. The number of aryl methyl sites for hydroxylation is 1. The predicted octanol–water partition coefficient (Wildman–Crippen LogP) is 3.64. The first kappa shape index (κ1) is 19.6. The fourth-order valence-corrected chi connectivity index (χ4v) is 2.61. The molecule has 6 heteroatoms. The van der Waals surface area contributed by atoms with Crippen LogP contribution in [0.15, 0.2) is 30.3 Å². The van der Waals surface area contributed by atoms with Crippen LogP contribution in [0, 0.1) is 13.8 Å². The van der Waals surface area contributed by atoms with Gasteiger partial charge in [-0.2, -0.15) is 0 Å². The highest BCUT2D eigenvalue weighted by Crippen LogP contribution is 2.22. The van der Waals surface area contributed by atoms with E-state index >= 15 is 0 Å². The number of carbonyl (C=O) groups is 1. The van der Waals surface area contributed by atoms with Gasteiger partial charge in [0.1, 0.15) is 0 Å². The summed E-state index contributed by atoms with van der Waals surface area (Å²) in [5, 5.41) is 3.61. The van der Waals surface area contributed by atoms with Crippen molar-refractivity contribution in [2.75, 3.05) is 6.54 Å². The van der Waals surface area contributed by atoms with E-state index in [2.05, 4.69) is 9.88 Å². The van der Waals surface area contributed by atoms with Crippen molar-refractivity contribution in [2.45, 2.75) is 33.2 Å². The number of benzene rings is 1. The second-order valence-corrected chi connectivity index (χ2v) is 6.05. The molecule has 1 aromatic heterocycles. The molecule has 0 aliphatic rings. The minimum Gasteiger partial charge on any atom is -0.352 e. The Hall–Kier alpha value is -1.49. The van der Waals surface area contributed by atoms with Crippen molar-refractivity contribution in [3.05, 3.63) is 52.3 Å². The number of nitrogens with two attached hydrogens (primary N) is 1. The highest BCUT2D eigenvalue weighted by molar-refractivity contribution is 6.30. The summed E-state index contributed by atoms with van der Waals surface area (Å²) in [6.45, 7) is 6.45. The maximum atomic E-state index is 12.3. The van der Waals surface area contributed by atoms with Crippen molar-refractivity contribution < 1.29 is 4.79 Å². The number of nitrogens with zero attached hydrogens (tertiary/aromatic N) is 1. The van der Waals surface area contributed by atoms with Crippen molar-refractivity contribution in [1.29, 1.82) is 0 Å². The second-order valence-electron chi connectivity index (χ2n) is 5.62. The van der Waals surface area contributed by atoms with Gasteiger partial charge in [0.25, 0.3) is 5.91 Å². The zero-order valence-corrected chi connectivity index (χ0v) is 15.2.